The van der Waals surface area contributed by atoms with Gasteiger partial charge < -0.3 is 11.1 Å². The van der Waals surface area contributed by atoms with Crippen LogP contribution in [-0.2, 0) is 12.8 Å². The van der Waals surface area contributed by atoms with Crippen molar-refractivity contribution in [3.05, 3.63) is 63.6 Å². The molecule has 0 amide bonds. The standard InChI is InChI=1S/C18H21BrN2/c1-13-3-2-4-17(9-13)21-18(12-20)8-7-14-10-16(19)6-5-15(14)11-18/h2-6,9-10,21H,7-8,11-12,20H2,1H3. The Kier molecular flexibility index (Phi) is 4.05. The highest BCUT2D eigenvalue weighted by Gasteiger charge is 2.33. The molecule has 3 heteroatoms. The number of nitrogens with two attached hydrogens (primary N) is 1. The molecule has 0 radical (unpaired) electrons. The van der Waals surface area contributed by atoms with Crippen molar-refractivity contribution >= 4 is 21.6 Å². The van der Waals surface area contributed by atoms with Crippen LogP contribution in [0.5, 0.6) is 0 Å². The van der Waals surface area contributed by atoms with Crippen LogP contribution < -0.4 is 11.1 Å². The molecule has 1 unspecified atom stereocenters. The van der Waals surface area contributed by atoms with Crippen LogP contribution >= 0.6 is 15.9 Å². The van der Waals surface area contributed by atoms with E-state index < -0.39 is 0 Å². The Morgan fingerprint density at radius 2 is 2.05 bits per heavy atom. The van der Waals surface area contributed by atoms with Crippen LogP contribution in [0.15, 0.2) is 46.9 Å². The summed E-state index contributed by atoms with van der Waals surface area (Å²) in [7, 11) is 0. The van der Waals surface area contributed by atoms with Gasteiger partial charge in [0.2, 0.25) is 0 Å². The average molecular weight is 345 g/mol. The maximum atomic E-state index is 6.14. The maximum Gasteiger partial charge on any atom is 0.0539 e. The topological polar surface area (TPSA) is 38.0 Å². The molecule has 0 saturated heterocycles. The molecule has 1 aliphatic carbocycles. The van der Waals surface area contributed by atoms with Gasteiger partial charge in [0.05, 0.1) is 5.54 Å². The Bertz CT molecular complexity index is 653. The monoisotopic (exact) mass is 344 g/mol. The smallest absolute Gasteiger partial charge is 0.0539 e. The van der Waals surface area contributed by atoms with Crippen LogP contribution in [0.3, 0.4) is 0 Å². The van der Waals surface area contributed by atoms with Gasteiger partial charge in [-0.25, -0.2) is 0 Å². The van der Waals surface area contributed by atoms with Crippen LogP contribution in [0.1, 0.15) is 23.1 Å². The molecule has 2 aromatic rings. The number of nitrogens with one attached hydrogen (secondary N) is 1. The minimum absolute atomic E-state index is 0.0331. The molecule has 3 N–H and O–H groups in total. The van der Waals surface area contributed by atoms with Gasteiger partial charge in [-0.2, -0.15) is 0 Å². The molecule has 0 aliphatic heterocycles. The zero-order valence-corrected chi connectivity index (χ0v) is 13.9. The lowest BCUT2D eigenvalue weighted by molar-refractivity contribution is 0.417. The van der Waals surface area contributed by atoms with E-state index in [4.69, 9.17) is 5.73 Å². The Morgan fingerprint density at radius 1 is 1.19 bits per heavy atom. The number of fused-ring (bicyclic) bond motifs is 1. The van der Waals surface area contributed by atoms with Gasteiger partial charge in [0.15, 0.2) is 0 Å². The summed E-state index contributed by atoms with van der Waals surface area (Å²) in [5, 5.41) is 3.70. The maximum absolute atomic E-state index is 6.14. The second kappa shape index (κ2) is 5.82. The number of hydrogen-bond donors (Lipinski definition) is 2. The Hall–Kier alpha value is -1.32. The largest absolute Gasteiger partial charge is 0.378 e. The average Bonchev–Trinajstić information content (AvgIpc) is 2.47. The predicted octanol–water partition coefficient (Wildman–Crippen LogP) is 4.06. The molecule has 21 heavy (non-hydrogen) atoms. The minimum atomic E-state index is -0.0331. The Labute approximate surface area is 134 Å². The van der Waals surface area contributed by atoms with Gasteiger partial charge in [-0.3, -0.25) is 0 Å². The molecule has 3 rings (SSSR count). The summed E-state index contributed by atoms with van der Waals surface area (Å²) in [6, 6.07) is 15.1. The van der Waals surface area contributed by atoms with E-state index in [1.807, 2.05) is 0 Å². The summed E-state index contributed by atoms with van der Waals surface area (Å²) in [5.41, 5.74) is 11.4. The fourth-order valence-electron chi connectivity index (χ4n) is 3.19. The minimum Gasteiger partial charge on any atom is -0.378 e. The first-order valence-electron chi connectivity index (χ1n) is 7.42. The zero-order chi connectivity index (χ0) is 14.9. The van der Waals surface area contributed by atoms with Crippen LogP contribution in [-0.4, -0.2) is 12.1 Å². The summed E-state index contributed by atoms with van der Waals surface area (Å²) in [4.78, 5) is 0. The van der Waals surface area contributed by atoms with Crippen molar-refractivity contribution in [1.82, 2.24) is 0 Å². The van der Waals surface area contributed by atoms with E-state index in [0.29, 0.717) is 6.54 Å². The highest BCUT2D eigenvalue weighted by atomic mass is 79.9. The normalized spacial score (nSPS) is 20.9. The second-order valence-corrected chi connectivity index (χ2v) is 6.98. The van der Waals surface area contributed by atoms with Gasteiger partial charge in [0.25, 0.3) is 0 Å². The summed E-state index contributed by atoms with van der Waals surface area (Å²) < 4.78 is 1.16. The number of hydrogen-bond acceptors (Lipinski definition) is 2. The number of benzene rings is 2. The molecule has 1 atom stereocenters. The molecule has 0 heterocycles. The van der Waals surface area contributed by atoms with Gasteiger partial charge in [0, 0.05) is 16.7 Å². The van der Waals surface area contributed by atoms with E-state index in [1.54, 1.807) is 0 Å². The molecule has 1 aliphatic rings. The molecular weight excluding hydrogens is 324 g/mol. The molecule has 2 aromatic carbocycles. The van der Waals surface area contributed by atoms with E-state index in [-0.39, 0.29) is 5.54 Å². The van der Waals surface area contributed by atoms with Crippen molar-refractivity contribution in [1.29, 1.82) is 0 Å². The molecule has 0 bridgehead atoms. The number of anilines is 1. The number of rotatable bonds is 3. The van der Waals surface area contributed by atoms with Crippen molar-refractivity contribution in [3.63, 3.8) is 0 Å². The Morgan fingerprint density at radius 3 is 2.81 bits per heavy atom. The van der Waals surface area contributed by atoms with Crippen molar-refractivity contribution in [2.24, 2.45) is 5.73 Å². The number of aryl methyl sites for hydroxylation is 2. The molecule has 2 nitrogen and oxygen atoms in total. The first-order chi connectivity index (χ1) is 10.1. The lowest BCUT2D eigenvalue weighted by Gasteiger charge is -2.39. The third-order valence-corrected chi connectivity index (χ3v) is 4.88. The van der Waals surface area contributed by atoms with Gasteiger partial charge in [0.1, 0.15) is 0 Å². The van der Waals surface area contributed by atoms with Crippen LogP contribution in [0.25, 0.3) is 0 Å². The van der Waals surface area contributed by atoms with Crippen LogP contribution in [0.4, 0.5) is 5.69 Å². The van der Waals surface area contributed by atoms with E-state index in [9.17, 15) is 0 Å². The van der Waals surface area contributed by atoms with Crippen molar-refractivity contribution < 1.29 is 0 Å². The third-order valence-electron chi connectivity index (χ3n) is 4.39. The predicted molar refractivity (Wildman–Crippen MR) is 92.8 cm³/mol. The molecule has 110 valence electrons. The van der Waals surface area contributed by atoms with E-state index in [1.165, 1.54) is 22.4 Å². The quantitative estimate of drug-likeness (QED) is 0.881. The van der Waals surface area contributed by atoms with E-state index in [0.717, 1.165) is 23.7 Å². The summed E-state index contributed by atoms with van der Waals surface area (Å²) >= 11 is 3.56. The highest BCUT2D eigenvalue weighted by molar-refractivity contribution is 9.10. The Balaban J connectivity index is 1.87. The first-order valence-corrected chi connectivity index (χ1v) is 8.22. The third kappa shape index (κ3) is 3.14. The molecular formula is C18H21BrN2. The molecule has 0 spiro atoms. The second-order valence-electron chi connectivity index (χ2n) is 6.07. The van der Waals surface area contributed by atoms with Gasteiger partial charge in [-0.05, 0) is 67.1 Å². The summed E-state index contributed by atoms with van der Waals surface area (Å²) in [6.45, 7) is 2.77. The molecule has 0 aromatic heterocycles. The van der Waals surface area contributed by atoms with Crippen molar-refractivity contribution in [3.8, 4) is 0 Å². The molecule has 0 fully saturated rings. The fourth-order valence-corrected chi connectivity index (χ4v) is 3.60. The van der Waals surface area contributed by atoms with Crippen LogP contribution in [0, 0.1) is 6.92 Å². The number of halogens is 1. The summed E-state index contributed by atoms with van der Waals surface area (Å²) in [6.07, 6.45) is 3.13. The van der Waals surface area contributed by atoms with Gasteiger partial charge in [-0.15, -0.1) is 0 Å². The van der Waals surface area contributed by atoms with Gasteiger partial charge in [-0.1, -0.05) is 34.1 Å². The lowest BCUT2D eigenvalue weighted by Crippen LogP contribution is -2.49. The van der Waals surface area contributed by atoms with Crippen LogP contribution in [0.2, 0.25) is 0 Å². The van der Waals surface area contributed by atoms with Gasteiger partial charge >= 0.3 is 0 Å². The van der Waals surface area contributed by atoms with E-state index >= 15 is 0 Å². The SMILES string of the molecule is Cc1cccc(NC2(CN)CCc3cc(Br)ccc3C2)c1. The lowest BCUT2D eigenvalue weighted by atomic mass is 9.77. The van der Waals surface area contributed by atoms with Crippen molar-refractivity contribution in [2.75, 3.05) is 11.9 Å². The summed E-state index contributed by atoms with van der Waals surface area (Å²) in [5.74, 6) is 0. The highest BCUT2D eigenvalue weighted by Crippen LogP contribution is 2.32. The van der Waals surface area contributed by atoms with E-state index in [2.05, 4.69) is 70.6 Å². The zero-order valence-electron chi connectivity index (χ0n) is 12.3. The van der Waals surface area contributed by atoms with Crippen molar-refractivity contribution in [2.45, 2.75) is 31.7 Å². The fraction of sp³-hybridized carbons (Fsp3) is 0.333. The molecule has 0 saturated carbocycles. The first kappa shape index (κ1) is 14.6.